The van der Waals surface area contributed by atoms with E-state index in [1.54, 1.807) is 4.90 Å². The lowest BCUT2D eigenvalue weighted by atomic mass is 9.86. The summed E-state index contributed by atoms with van der Waals surface area (Å²) in [6.45, 7) is 1.76. The van der Waals surface area contributed by atoms with Gasteiger partial charge in [-0.1, -0.05) is 12.8 Å². The summed E-state index contributed by atoms with van der Waals surface area (Å²) >= 11 is 0. The highest BCUT2D eigenvalue weighted by Gasteiger charge is 2.64. The molecule has 1 N–H and O–H groups in total. The Labute approximate surface area is 110 Å². The highest BCUT2D eigenvalue weighted by atomic mass is 19.4. The predicted molar refractivity (Wildman–Crippen MR) is 63.7 cm³/mol. The molecule has 1 saturated heterocycles. The van der Waals surface area contributed by atoms with Crippen molar-refractivity contribution in [1.29, 1.82) is 0 Å². The molecule has 2 fully saturated rings. The highest BCUT2D eigenvalue weighted by Crippen LogP contribution is 2.47. The molecular weight excluding hydrogens is 259 g/mol. The van der Waals surface area contributed by atoms with Crippen LogP contribution in [0.2, 0.25) is 0 Å². The van der Waals surface area contributed by atoms with Crippen LogP contribution < -0.4 is 0 Å². The lowest BCUT2D eigenvalue weighted by Gasteiger charge is -2.32. The van der Waals surface area contributed by atoms with Crippen LogP contribution in [0.25, 0.3) is 0 Å². The summed E-state index contributed by atoms with van der Waals surface area (Å²) in [5.41, 5.74) is -2.57. The van der Waals surface area contributed by atoms with Crippen molar-refractivity contribution < 1.29 is 23.1 Å². The van der Waals surface area contributed by atoms with Gasteiger partial charge in [0.25, 0.3) is 0 Å². The molecule has 2 atom stereocenters. The number of hydrogen-bond acceptors (Lipinski definition) is 2. The van der Waals surface area contributed by atoms with E-state index in [1.165, 1.54) is 0 Å². The van der Waals surface area contributed by atoms with Gasteiger partial charge in [0.1, 0.15) is 0 Å². The number of likely N-dealkylation sites (tertiary alicyclic amines) is 1. The third kappa shape index (κ3) is 2.47. The molecule has 19 heavy (non-hydrogen) atoms. The molecular formula is C13H20F3NO2. The van der Waals surface area contributed by atoms with Crippen LogP contribution in [0.4, 0.5) is 13.2 Å². The van der Waals surface area contributed by atoms with Crippen LogP contribution in [-0.4, -0.2) is 41.3 Å². The minimum Gasteiger partial charge on any atom is -0.481 e. The molecule has 0 aromatic rings. The molecule has 110 valence electrons. The number of aliphatic carboxylic acids is 1. The van der Waals surface area contributed by atoms with E-state index in [0.717, 1.165) is 25.7 Å². The van der Waals surface area contributed by atoms with Crippen LogP contribution >= 0.6 is 0 Å². The second-order valence-corrected chi connectivity index (χ2v) is 5.89. The number of carboxylic acids is 1. The fourth-order valence-electron chi connectivity index (χ4n) is 3.45. The SMILES string of the molecule is CC(C1CCCC1)N1CCC(C(=O)O)(C(F)(F)F)C1. The predicted octanol–water partition coefficient (Wildman–Crippen LogP) is 2.90. The Morgan fingerprint density at radius 1 is 1.37 bits per heavy atom. The quantitative estimate of drug-likeness (QED) is 0.863. The molecule has 2 rings (SSSR count). The van der Waals surface area contributed by atoms with Gasteiger partial charge in [-0.2, -0.15) is 13.2 Å². The van der Waals surface area contributed by atoms with Gasteiger partial charge < -0.3 is 5.11 Å². The van der Waals surface area contributed by atoms with Gasteiger partial charge in [0, 0.05) is 12.6 Å². The van der Waals surface area contributed by atoms with Crippen LogP contribution in [-0.2, 0) is 4.79 Å². The molecule has 0 bridgehead atoms. The van der Waals surface area contributed by atoms with Crippen molar-refractivity contribution in [2.45, 2.75) is 51.2 Å². The molecule has 2 aliphatic rings. The minimum atomic E-state index is -4.68. The van der Waals surface area contributed by atoms with Crippen LogP contribution in [0, 0.1) is 11.3 Å². The number of rotatable bonds is 3. The van der Waals surface area contributed by atoms with Crippen molar-refractivity contribution >= 4 is 5.97 Å². The standard InChI is InChI=1S/C13H20F3NO2/c1-9(10-4-2-3-5-10)17-7-6-12(8-17,11(18)19)13(14,15)16/h9-10H,2-8H2,1H3,(H,18,19). The van der Waals surface area contributed by atoms with E-state index in [0.29, 0.717) is 5.92 Å². The zero-order valence-electron chi connectivity index (χ0n) is 11.0. The van der Waals surface area contributed by atoms with Crippen LogP contribution in [0.3, 0.4) is 0 Å². The third-order valence-electron chi connectivity index (χ3n) is 4.91. The number of nitrogens with zero attached hydrogens (tertiary/aromatic N) is 1. The first kappa shape index (κ1) is 14.6. The average Bonchev–Trinajstić information content (AvgIpc) is 2.97. The normalized spacial score (nSPS) is 31.8. The first-order chi connectivity index (χ1) is 8.78. The van der Waals surface area contributed by atoms with Gasteiger partial charge in [0.05, 0.1) is 0 Å². The summed E-state index contributed by atoms with van der Waals surface area (Å²) in [6, 6.07) is 0.0473. The molecule has 0 amide bonds. The second-order valence-electron chi connectivity index (χ2n) is 5.89. The zero-order valence-corrected chi connectivity index (χ0v) is 11.0. The Kier molecular flexibility index (Phi) is 3.82. The summed E-state index contributed by atoms with van der Waals surface area (Å²) < 4.78 is 39.2. The number of halogens is 3. The van der Waals surface area contributed by atoms with Gasteiger partial charge in [0.15, 0.2) is 5.41 Å². The first-order valence-corrected chi connectivity index (χ1v) is 6.82. The van der Waals surface area contributed by atoms with E-state index in [9.17, 15) is 18.0 Å². The Hall–Kier alpha value is -0.780. The van der Waals surface area contributed by atoms with Crippen molar-refractivity contribution in [3.63, 3.8) is 0 Å². The van der Waals surface area contributed by atoms with Gasteiger partial charge in [-0.25, -0.2) is 0 Å². The topological polar surface area (TPSA) is 40.5 Å². The maximum Gasteiger partial charge on any atom is 0.406 e. The van der Waals surface area contributed by atoms with E-state index in [1.807, 2.05) is 6.92 Å². The summed E-state index contributed by atoms with van der Waals surface area (Å²) in [5, 5.41) is 9.02. The molecule has 0 aromatic carbocycles. The molecule has 0 radical (unpaired) electrons. The second kappa shape index (κ2) is 4.96. The van der Waals surface area contributed by atoms with Crippen molar-refractivity contribution in [3.05, 3.63) is 0 Å². The Morgan fingerprint density at radius 3 is 2.37 bits per heavy atom. The van der Waals surface area contributed by atoms with E-state index in [2.05, 4.69) is 0 Å². The van der Waals surface area contributed by atoms with Crippen LogP contribution in [0.15, 0.2) is 0 Å². The Morgan fingerprint density at radius 2 is 1.95 bits per heavy atom. The molecule has 3 nitrogen and oxygen atoms in total. The minimum absolute atomic E-state index is 0.0473. The Balaban J connectivity index is 2.10. The monoisotopic (exact) mass is 279 g/mol. The number of carbonyl (C=O) groups is 1. The van der Waals surface area contributed by atoms with Crippen LogP contribution in [0.1, 0.15) is 39.0 Å². The lowest BCUT2D eigenvalue weighted by molar-refractivity contribution is -0.228. The van der Waals surface area contributed by atoms with Gasteiger partial charge in [-0.15, -0.1) is 0 Å². The molecule has 1 aliphatic carbocycles. The average molecular weight is 279 g/mol. The van der Waals surface area contributed by atoms with Crippen molar-refractivity contribution in [2.75, 3.05) is 13.1 Å². The van der Waals surface area contributed by atoms with Crippen LogP contribution in [0.5, 0.6) is 0 Å². The maximum atomic E-state index is 13.1. The van der Waals surface area contributed by atoms with E-state index < -0.39 is 24.1 Å². The van der Waals surface area contributed by atoms with Crippen molar-refractivity contribution in [3.8, 4) is 0 Å². The molecule has 0 spiro atoms. The van der Waals surface area contributed by atoms with Gasteiger partial charge >= 0.3 is 12.1 Å². The van der Waals surface area contributed by atoms with Gasteiger partial charge in [-0.05, 0) is 38.6 Å². The summed E-state index contributed by atoms with van der Waals surface area (Å²) in [5.74, 6) is -1.32. The fraction of sp³-hybridized carbons (Fsp3) is 0.923. The Bertz CT molecular complexity index is 352. The molecule has 6 heteroatoms. The lowest BCUT2D eigenvalue weighted by Crippen LogP contribution is -2.48. The summed E-state index contributed by atoms with van der Waals surface area (Å²) in [6.07, 6.45) is -0.655. The first-order valence-electron chi connectivity index (χ1n) is 6.82. The molecule has 1 heterocycles. The maximum absolute atomic E-state index is 13.1. The van der Waals surface area contributed by atoms with Gasteiger partial charge in [0.2, 0.25) is 0 Å². The third-order valence-corrected chi connectivity index (χ3v) is 4.91. The van der Waals surface area contributed by atoms with Crippen molar-refractivity contribution in [2.24, 2.45) is 11.3 Å². The summed E-state index contributed by atoms with van der Waals surface area (Å²) in [4.78, 5) is 12.8. The smallest absolute Gasteiger partial charge is 0.406 e. The molecule has 0 aromatic heterocycles. The molecule has 2 unspecified atom stereocenters. The highest BCUT2D eigenvalue weighted by molar-refractivity contribution is 5.76. The zero-order chi connectivity index (χ0) is 14.3. The van der Waals surface area contributed by atoms with Crippen molar-refractivity contribution in [1.82, 2.24) is 4.90 Å². The largest absolute Gasteiger partial charge is 0.481 e. The number of alkyl halides is 3. The van der Waals surface area contributed by atoms with E-state index in [-0.39, 0.29) is 19.0 Å². The number of carboxylic acid groups (broad SMARTS) is 1. The molecule has 1 saturated carbocycles. The summed E-state index contributed by atoms with van der Waals surface area (Å²) in [7, 11) is 0. The van der Waals surface area contributed by atoms with E-state index >= 15 is 0 Å². The molecule has 1 aliphatic heterocycles. The van der Waals surface area contributed by atoms with Gasteiger partial charge in [-0.3, -0.25) is 9.69 Å². The fourth-order valence-corrected chi connectivity index (χ4v) is 3.45. The number of hydrogen-bond donors (Lipinski definition) is 1. The van der Waals surface area contributed by atoms with E-state index in [4.69, 9.17) is 5.11 Å².